The first kappa shape index (κ1) is 22.9. The molecule has 33 heavy (non-hydrogen) atoms. The number of nitrogens with zero attached hydrogens (tertiary/aromatic N) is 2. The normalized spacial score (nSPS) is 14.3. The molecule has 9 heteroatoms. The number of amides is 1. The third-order valence-electron chi connectivity index (χ3n) is 5.88. The molecule has 2 heterocycles. The van der Waals surface area contributed by atoms with Crippen molar-refractivity contribution < 1.29 is 19.1 Å². The van der Waals surface area contributed by atoms with Crippen LogP contribution in [0.3, 0.4) is 0 Å². The second kappa shape index (κ2) is 10.1. The Morgan fingerprint density at radius 2 is 1.79 bits per heavy atom. The Kier molecular flexibility index (Phi) is 7.05. The number of hydrogen-bond donors (Lipinski definition) is 2. The van der Waals surface area contributed by atoms with Gasteiger partial charge in [-0.15, -0.1) is 0 Å². The van der Waals surface area contributed by atoms with E-state index in [-0.39, 0.29) is 11.6 Å². The zero-order valence-corrected chi connectivity index (χ0v) is 19.4. The molecule has 0 atom stereocenters. The summed E-state index contributed by atoms with van der Waals surface area (Å²) in [7, 11) is 2.88. The van der Waals surface area contributed by atoms with Crippen LogP contribution < -0.4 is 15.0 Å². The third-order valence-corrected chi connectivity index (χ3v) is 6.13. The van der Waals surface area contributed by atoms with Gasteiger partial charge in [-0.2, -0.15) is 0 Å². The number of fused-ring (bicyclic) bond motifs is 1. The first-order valence-corrected chi connectivity index (χ1v) is 11.2. The van der Waals surface area contributed by atoms with E-state index < -0.39 is 5.97 Å². The van der Waals surface area contributed by atoms with Gasteiger partial charge in [-0.3, -0.25) is 9.69 Å². The van der Waals surface area contributed by atoms with Gasteiger partial charge in [-0.05, 0) is 36.4 Å². The number of rotatable bonds is 7. The van der Waals surface area contributed by atoms with Crippen LogP contribution in [0, 0.1) is 0 Å². The van der Waals surface area contributed by atoms with E-state index in [1.807, 2.05) is 30.3 Å². The van der Waals surface area contributed by atoms with Gasteiger partial charge in [0.1, 0.15) is 11.4 Å². The van der Waals surface area contributed by atoms with Crippen molar-refractivity contribution in [1.82, 2.24) is 9.88 Å². The van der Waals surface area contributed by atoms with Gasteiger partial charge in [-0.1, -0.05) is 11.6 Å². The molecule has 0 unspecified atom stereocenters. The van der Waals surface area contributed by atoms with Gasteiger partial charge in [-0.25, -0.2) is 4.79 Å². The Hall–Kier alpha value is -3.23. The van der Waals surface area contributed by atoms with Gasteiger partial charge in [0.15, 0.2) is 0 Å². The fourth-order valence-electron chi connectivity index (χ4n) is 4.03. The first-order chi connectivity index (χ1) is 16.0. The number of ether oxygens (including phenoxy) is 2. The molecule has 1 aliphatic rings. The third kappa shape index (κ3) is 5.23. The second-order valence-corrected chi connectivity index (χ2v) is 8.32. The number of benzene rings is 2. The maximum Gasteiger partial charge on any atom is 0.356 e. The van der Waals surface area contributed by atoms with Crippen molar-refractivity contribution >= 4 is 45.8 Å². The van der Waals surface area contributed by atoms with E-state index in [9.17, 15) is 9.59 Å². The van der Waals surface area contributed by atoms with Crippen molar-refractivity contribution in [3.63, 3.8) is 0 Å². The molecule has 0 aliphatic carbocycles. The SMILES string of the molecule is COC(=O)c1[nH]c2cc(OC)ccc2c1NC(=O)CCN1CCN(c2ccc(Cl)cc2)CC1. The topological polar surface area (TPSA) is 86.9 Å². The number of carbonyl (C=O) groups excluding carboxylic acids is 2. The molecule has 1 amide bonds. The van der Waals surface area contributed by atoms with E-state index in [0.29, 0.717) is 29.9 Å². The van der Waals surface area contributed by atoms with Crippen molar-refractivity contribution in [1.29, 1.82) is 0 Å². The summed E-state index contributed by atoms with van der Waals surface area (Å²) in [4.78, 5) is 32.6. The highest BCUT2D eigenvalue weighted by molar-refractivity contribution is 6.30. The van der Waals surface area contributed by atoms with E-state index in [0.717, 1.165) is 42.3 Å². The zero-order valence-electron chi connectivity index (χ0n) is 18.7. The quantitative estimate of drug-likeness (QED) is 0.511. The minimum atomic E-state index is -0.543. The minimum Gasteiger partial charge on any atom is -0.497 e. The zero-order chi connectivity index (χ0) is 23.4. The summed E-state index contributed by atoms with van der Waals surface area (Å²) in [5.74, 6) is -0.0495. The van der Waals surface area contributed by atoms with Gasteiger partial charge in [0.05, 0.1) is 25.4 Å². The molecular weight excluding hydrogens is 444 g/mol. The number of hydrogen-bond acceptors (Lipinski definition) is 6. The second-order valence-electron chi connectivity index (χ2n) is 7.88. The largest absolute Gasteiger partial charge is 0.497 e. The van der Waals surface area contributed by atoms with E-state index in [2.05, 4.69) is 20.1 Å². The lowest BCUT2D eigenvalue weighted by molar-refractivity contribution is -0.116. The molecule has 0 saturated carbocycles. The summed E-state index contributed by atoms with van der Waals surface area (Å²) in [6, 6.07) is 13.2. The molecule has 2 aromatic carbocycles. The highest BCUT2D eigenvalue weighted by Crippen LogP contribution is 2.31. The van der Waals surface area contributed by atoms with Crippen molar-refractivity contribution in [2.24, 2.45) is 0 Å². The fourth-order valence-corrected chi connectivity index (χ4v) is 4.16. The van der Waals surface area contributed by atoms with Crippen LogP contribution in [0.25, 0.3) is 10.9 Å². The molecule has 3 aromatic rings. The Morgan fingerprint density at radius 3 is 2.45 bits per heavy atom. The molecule has 2 N–H and O–H groups in total. The average Bonchev–Trinajstić information content (AvgIpc) is 3.20. The molecule has 174 valence electrons. The molecular formula is C24H27ClN4O4. The van der Waals surface area contributed by atoms with Gasteiger partial charge in [0.2, 0.25) is 5.91 Å². The Labute approximate surface area is 197 Å². The van der Waals surface area contributed by atoms with Gasteiger partial charge in [0, 0.05) is 61.3 Å². The Bertz CT molecular complexity index is 1140. The smallest absolute Gasteiger partial charge is 0.356 e. The summed E-state index contributed by atoms with van der Waals surface area (Å²) in [5.41, 5.74) is 2.48. The van der Waals surface area contributed by atoms with Crippen molar-refractivity contribution in [3.8, 4) is 5.75 Å². The maximum absolute atomic E-state index is 12.7. The number of anilines is 2. The summed E-state index contributed by atoms with van der Waals surface area (Å²) >= 11 is 5.98. The number of nitrogens with one attached hydrogen (secondary N) is 2. The number of methoxy groups -OCH3 is 2. The number of carbonyl (C=O) groups is 2. The van der Waals surface area contributed by atoms with Crippen LogP contribution in [0.1, 0.15) is 16.9 Å². The highest BCUT2D eigenvalue weighted by Gasteiger charge is 2.22. The van der Waals surface area contributed by atoms with Gasteiger partial charge in [0.25, 0.3) is 0 Å². The molecule has 0 radical (unpaired) electrons. The van der Waals surface area contributed by atoms with Crippen LogP contribution in [0.15, 0.2) is 42.5 Å². The summed E-state index contributed by atoms with van der Waals surface area (Å²) in [5, 5.41) is 4.36. The highest BCUT2D eigenvalue weighted by atomic mass is 35.5. The standard InChI is InChI=1S/C24H27ClN4O4/c1-32-18-7-8-19-20(15-18)26-23(24(31)33-2)22(19)27-21(30)9-10-28-11-13-29(14-12-28)17-5-3-16(25)4-6-17/h3-8,15,26H,9-14H2,1-2H3,(H,27,30). The molecule has 8 nitrogen and oxygen atoms in total. The monoisotopic (exact) mass is 470 g/mol. The average molecular weight is 471 g/mol. The first-order valence-electron chi connectivity index (χ1n) is 10.8. The summed E-state index contributed by atoms with van der Waals surface area (Å²) in [6.07, 6.45) is 0.324. The minimum absolute atomic E-state index is 0.156. The predicted octanol–water partition coefficient (Wildman–Crippen LogP) is 3.77. The number of H-pyrrole nitrogens is 1. The van der Waals surface area contributed by atoms with Gasteiger partial charge >= 0.3 is 5.97 Å². The molecule has 1 aromatic heterocycles. The van der Waals surface area contributed by atoms with Crippen LogP contribution in [0.4, 0.5) is 11.4 Å². The predicted molar refractivity (Wildman–Crippen MR) is 130 cm³/mol. The Morgan fingerprint density at radius 1 is 1.06 bits per heavy atom. The van der Waals surface area contributed by atoms with Crippen LogP contribution in [-0.2, 0) is 9.53 Å². The van der Waals surface area contributed by atoms with Crippen molar-refractivity contribution in [2.75, 3.05) is 57.2 Å². The van der Waals surface area contributed by atoms with Crippen molar-refractivity contribution in [2.45, 2.75) is 6.42 Å². The fraction of sp³-hybridized carbons (Fsp3) is 0.333. The van der Waals surface area contributed by atoms with Gasteiger partial charge < -0.3 is 24.7 Å². The Balaban J connectivity index is 1.36. The summed E-state index contributed by atoms with van der Waals surface area (Å²) < 4.78 is 10.1. The lowest BCUT2D eigenvalue weighted by atomic mass is 10.2. The van der Waals surface area contributed by atoms with E-state index in [1.165, 1.54) is 7.11 Å². The lowest BCUT2D eigenvalue weighted by Gasteiger charge is -2.36. The van der Waals surface area contributed by atoms with Crippen LogP contribution in [0.2, 0.25) is 5.02 Å². The number of piperazine rings is 1. The molecule has 1 saturated heterocycles. The lowest BCUT2D eigenvalue weighted by Crippen LogP contribution is -2.47. The molecule has 4 rings (SSSR count). The van der Waals surface area contributed by atoms with Crippen LogP contribution >= 0.6 is 11.6 Å². The number of halogens is 1. The van der Waals surface area contributed by atoms with E-state index >= 15 is 0 Å². The maximum atomic E-state index is 12.7. The summed E-state index contributed by atoms with van der Waals surface area (Å²) in [6.45, 7) is 4.16. The number of esters is 1. The number of aromatic nitrogens is 1. The van der Waals surface area contributed by atoms with Crippen molar-refractivity contribution in [3.05, 3.63) is 53.2 Å². The molecule has 0 spiro atoms. The van der Waals surface area contributed by atoms with Crippen LogP contribution in [-0.4, -0.2) is 68.7 Å². The number of aromatic amines is 1. The molecule has 1 fully saturated rings. The molecule has 1 aliphatic heterocycles. The molecule has 0 bridgehead atoms. The van der Waals surface area contributed by atoms with E-state index in [4.69, 9.17) is 21.1 Å². The van der Waals surface area contributed by atoms with Crippen LogP contribution in [0.5, 0.6) is 5.75 Å². The van der Waals surface area contributed by atoms with E-state index in [1.54, 1.807) is 19.2 Å².